The van der Waals surface area contributed by atoms with E-state index in [0.29, 0.717) is 23.5 Å². The predicted molar refractivity (Wildman–Crippen MR) is 133 cm³/mol. The average molecular weight is 466 g/mol. The van der Waals surface area contributed by atoms with Crippen molar-refractivity contribution in [2.75, 3.05) is 22.9 Å². The lowest BCUT2D eigenvalue weighted by atomic mass is 10.1. The zero-order valence-corrected chi connectivity index (χ0v) is 19.0. The molecule has 0 bridgehead atoms. The highest BCUT2D eigenvalue weighted by Crippen LogP contribution is 2.29. The summed E-state index contributed by atoms with van der Waals surface area (Å²) in [7, 11) is 0. The van der Waals surface area contributed by atoms with Gasteiger partial charge in [0.15, 0.2) is 0 Å². The largest absolute Gasteiger partial charge is 0.371 e. The van der Waals surface area contributed by atoms with E-state index < -0.39 is 0 Å². The summed E-state index contributed by atoms with van der Waals surface area (Å²) in [4.78, 5) is 25.1. The third kappa shape index (κ3) is 5.64. The maximum atomic E-state index is 12.6. The lowest BCUT2D eigenvalue weighted by Crippen LogP contribution is -2.40. The van der Waals surface area contributed by atoms with Crippen LogP contribution in [0, 0.1) is 0 Å². The molecule has 4 rings (SSSR count). The molecule has 3 aromatic carbocycles. The minimum atomic E-state index is -0.347. The van der Waals surface area contributed by atoms with Gasteiger partial charge in [0.1, 0.15) is 6.04 Å². The van der Waals surface area contributed by atoms with Crippen LogP contribution in [0.1, 0.15) is 21.5 Å². The molecule has 1 unspecified atom stereocenters. The van der Waals surface area contributed by atoms with Gasteiger partial charge >= 0.3 is 0 Å². The van der Waals surface area contributed by atoms with E-state index in [1.165, 1.54) is 5.56 Å². The summed E-state index contributed by atoms with van der Waals surface area (Å²) in [6.07, 6.45) is 0.767. The van der Waals surface area contributed by atoms with Gasteiger partial charge in [0, 0.05) is 28.6 Å². The van der Waals surface area contributed by atoms with Crippen LogP contribution in [0.5, 0.6) is 0 Å². The Balaban J connectivity index is 1.30. The van der Waals surface area contributed by atoms with Gasteiger partial charge < -0.3 is 16.0 Å². The number of thioether (sulfide) groups is 1. The molecule has 0 fully saturated rings. The van der Waals surface area contributed by atoms with Crippen LogP contribution in [0.4, 0.5) is 11.4 Å². The summed E-state index contributed by atoms with van der Waals surface area (Å²) in [6.45, 7) is 0.551. The van der Waals surface area contributed by atoms with E-state index in [1.807, 2.05) is 60.7 Å². The van der Waals surface area contributed by atoms with E-state index in [1.54, 1.807) is 23.9 Å². The van der Waals surface area contributed by atoms with Crippen molar-refractivity contribution in [1.82, 2.24) is 5.32 Å². The van der Waals surface area contributed by atoms with Crippen molar-refractivity contribution < 1.29 is 9.59 Å². The molecular formula is C25H24ClN3O2S. The number of hydrogen-bond donors (Lipinski definition) is 3. The zero-order valence-electron chi connectivity index (χ0n) is 17.4. The molecule has 0 saturated heterocycles. The lowest BCUT2D eigenvalue weighted by molar-refractivity contribution is -0.116. The van der Waals surface area contributed by atoms with E-state index in [9.17, 15) is 9.59 Å². The van der Waals surface area contributed by atoms with Gasteiger partial charge in [-0.3, -0.25) is 9.59 Å². The second-order valence-electron chi connectivity index (χ2n) is 7.54. The fourth-order valence-electron chi connectivity index (χ4n) is 3.47. The van der Waals surface area contributed by atoms with Gasteiger partial charge in [-0.1, -0.05) is 60.1 Å². The van der Waals surface area contributed by atoms with Crippen LogP contribution in [-0.4, -0.2) is 30.2 Å². The van der Waals surface area contributed by atoms with Gasteiger partial charge in [-0.15, -0.1) is 0 Å². The molecule has 0 saturated carbocycles. The number of hydrogen-bond acceptors (Lipinski definition) is 4. The van der Waals surface area contributed by atoms with E-state index in [2.05, 4.69) is 16.0 Å². The number of anilines is 2. The molecule has 32 heavy (non-hydrogen) atoms. The molecule has 0 aromatic heterocycles. The molecule has 0 aliphatic carbocycles. The predicted octanol–water partition coefficient (Wildman–Crippen LogP) is 4.98. The van der Waals surface area contributed by atoms with Crippen LogP contribution in [0.25, 0.3) is 0 Å². The van der Waals surface area contributed by atoms with Crippen LogP contribution in [-0.2, 0) is 17.0 Å². The lowest BCUT2D eigenvalue weighted by Gasteiger charge is -2.27. The van der Waals surface area contributed by atoms with Crippen molar-refractivity contribution >= 4 is 46.6 Å². The number of halogens is 1. The Bertz CT molecular complexity index is 1110. The van der Waals surface area contributed by atoms with Crippen LogP contribution in [0.3, 0.4) is 0 Å². The summed E-state index contributed by atoms with van der Waals surface area (Å²) in [5, 5.41) is 9.88. The Morgan fingerprint density at radius 2 is 1.78 bits per heavy atom. The Labute approximate surface area is 196 Å². The van der Waals surface area contributed by atoms with Gasteiger partial charge in [-0.05, 0) is 41.8 Å². The topological polar surface area (TPSA) is 70.2 Å². The Hall–Kier alpha value is -2.96. The summed E-state index contributed by atoms with van der Waals surface area (Å²) in [5.41, 5.74) is 4.18. The minimum absolute atomic E-state index is 0.106. The highest BCUT2D eigenvalue weighted by molar-refractivity contribution is 7.98. The number of carbonyl (C=O) groups excluding carboxylic acids is 2. The molecule has 1 heterocycles. The quantitative estimate of drug-likeness (QED) is 0.439. The minimum Gasteiger partial charge on any atom is -0.371 e. The Kier molecular flexibility index (Phi) is 7.35. The van der Waals surface area contributed by atoms with Crippen molar-refractivity contribution in [3.05, 3.63) is 94.5 Å². The third-order valence-corrected chi connectivity index (χ3v) is 6.68. The normalized spacial score (nSPS) is 14.8. The van der Waals surface area contributed by atoms with Crippen molar-refractivity contribution in [2.24, 2.45) is 0 Å². The fourth-order valence-corrected chi connectivity index (χ4v) is 4.82. The fraction of sp³-hybridized carbons (Fsp3) is 0.200. The van der Waals surface area contributed by atoms with Gasteiger partial charge in [-0.2, -0.15) is 11.8 Å². The molecule has 1 aliphatic heterocycles. The van der Waals surface area contributed by atoms with Crippen molar-refractivity contribution in [3.63, 3.8) is 0 Å². The van der Waals surface area contributed by atoms with Crippen molar-refractivity contribution in [1.29, 1.82) is 0 Å². The first-order valence-electron chi connectivity index (χ1n) is 10.4. The van der Waals surface area contributed by atoms with Crippen molar-refractivity contribution in [3.8, 4) is 0 Å². The van der Waals surface area contributed by atoms with Gasteiger partial charge in [-0.25, -0.2) is 0 Å². The van der Waals surface area contributed by atoms with Crippen LogP contribution in [0.2, 0.25) is 5.02 Å². The van der Waals surface area contributed by atoms with Gasteiger partial charge in [0.25, 0.3) is 5.91 Å². The standard InChI is InChI=1S/C25H24ClN3O2S/c26-20-9-5-4-8-19(20)15-32-16-23-25(31)29-22-14-18(10-11-21(22)28-23)24(30)27-13-12-17-6-2-1-3-7-17/h1-11,14,23,28H,12-13,15-16H2,(H,27,30)(H,29,31). The zero-order chi connectivity index (χ0) is 22.3. The second-order valence-corrected chi connectivity index (χ2v) is 8.98. The monoisotopic (exact) mass is 465 g/mol. The summed E-state index contributed by atoms with van der Waals surface area (Å²) in [5.74, 6) is 1.08. The first-order chi connectivity index (χ1) is 15.6. The number of benzene rings is 3. The van der Waals surface area contributed by atoms with Crippen LogP contribution >= 0.6 is 23.4 Å². The Morgan fingerprint density at radius 3 is 2.59 bits per heavy atom. The number of amides is 2. The average Bonchev–Trinajstić information content (AvgIpc) is 2.81. The first kappa shape index (κ1) is 22.2. The van der Waals surface area contributed by atoms with E-state index in [0.717, 1.165) is 28.4 Å². The summed E-state index contributed by atoms with van der Waals surface area (Å²) < 4.78 is 0. The van der Waals surface area contributed by atoms with E-state index in [-0.39, 0.29) is 17.9 Å². The number of fused-ring (bicyclic) bond motifs is 1. The maximum absolute atomic E-state index is 12.6. The molecule has 3 aromatic rings. The summed E-state index contributed by atoms with van der Waals surface area (Å²) in [6, 6.07) is 22.7. The third-order valence-electron chi connectivity index (χ3n) is 5.23. The molecule has 3 N–H and O–H groups in total. The second kappa shape index (κ2) is 10.6. The highest BCUT2D eigenvalue weighted by Gasteiger charge is 2.26. The number of carbonyl (C=O) groups is 2. The highest BCUT2D eigenvalue weighted by atomic mass is 35.5. The van der Waals surface area contributed by atoms with Gasteiger partial charge in [0.05, 0.1) is 11.4 Å². The first-order valence-corrected chi connectivity index (χ1v) is 12.0. The number of rotatable bonds is 8. The molecule has 0 radical (unpaired) electrons. The molecular weight excluding hydrogens is 442 g/mol. The van der Waals surface area contributed by atoms with E-state index in [4.69, 9.17) is 11.6 Å². The van der Waals surface area contributed by atoms with Crippen LogP contribution < -0.4 is 16.0 Å². The molecule has 7 heteroatoms. The van der Waals surface area contributed by atoms with Crippen molar-refractivity contribution in [2.45, 2.75) is 18.2 Å². The van der Waals surface area contributed by atoms with E-state index >= 15 is 0 Å². The Morgan fingerprint density at radius 1 is 1.00 bits per heavy atom. The SMILES string of the molecule is O=C(NCCc1ccccc1)c1ccc2c(c1)NC(=O)C(CSCc1ccccc1Cl)N2. The molecule has 0 spiro atoms. The van der Waals surface area contributed by atoms with Crippen LogP contribution in [0.15, 0.2) is 72.8 Å². The molecule has 2 amide bonds. The molecule has 1 atom stereocenters. The molecule has 164 valence electrons. The number of nitrogens with one attached hydrogen (secondary N) is 3. The molecule has 1 aliphatic rings. The maximum Gasteiger partial charge on any atom is 0.251 e. The molecule has 5 nitrogen and oxygen atoms in total. The van der Waals surface area contributed by atoms with Gasteiger partial charge in [0.2, 0.25) is 5.91 Å². The summed E-state index contributed by atoms with van der Waals surface area (Å²) >= 11 is 7.85. The smallest absolute Gasteiger partial charge is 0.251 e.